The first-order valence-corrected chi connectivity index (χ1v) is 9.61. The van der Waals surface area contributed by atoms with Crippen molar-refractivity contribution < 1.29 is 23.0 Å². The van der Waals surface area contributed by atoms with Gasteiger partial charge in [0.1, 0.15) is 24.2 Å². The molecule has 0 saturated carbocycles. The topological polar surface area (TPSA) is 75.1 Å². The minimum Gasteiger partial charge on any atom is -0.458 e. The number of halogens is 2. The highest BCUT2D eigenvalue weighted by Gasteiger charge is 2.16. The molecule has 0 bridgehead atoms. The van der Waals surface area contributed by atoms with Gasteiger partial charge in [-0.25, -0.2) is 13.6 Å². The summed E-state index contributed by atoms with van der Waals surface area (Å²) in [5, 5.41) is 9.63. The van der Waals surface area contributed by atoms with Gasteiger partial charge in [-0.3, -0.25) is 0 Å². The molecule has 0 aliphatic heterocycles. The number of benzene rings is 3. The van der Waals surface area contributed by atoms with Crippen LogP contribution >= 0.6 is 0 Å². The lowest BCUT2D eigenvalue weighted by molar-refractivity contribution is -0.138. The van der Waals surface area contributed by atoms with Crippen molar-refractivity contribution in [3.05, 3.63) is 101 Å². The van der Waals surface area contributed by atoms with Crippen LogP contribution in [-0.4, -0.2) is 11.0 Å². The third-order valence-electron chi connectivity index (χ3n) is 4.69. The Labute approximate surface area is 182 Å². The minimum atomic E-state index is -0.706. The van der Waals surface area contributed by atoms with Crippen molar-refractivity contribution >= 4 is 22.9 Å². The van der Waals surface area contributed by atoms with Gasteiger partial charge in [0.2, 0.25) is 0 Å². The van der Waals surface area contributed by atoms with E-state index in [1.165, 1.54) is 30.4 Å². The average molecular weight is 430 g/mol. The lowest BCUT2D eigenvalue weighted by atomic mass is 10.1. The number of rotatable bonds is 6. The number of nitriles is 1. The van der Waals surface area contributed by atoms with Gasteiger partial charge in [-0.2, -0.15) is 5.26 Å². The van der Waals surface area contributed by atoms with Crippen molar-refractivity contribution in [1.82, 2.24) is 4.98 Å². The molecule has 7 heteroatoms. The molecule has 4 rings (SSSR count). The lowest BCUT2D eigenvalue weighted by Crippen LogP contribution is -2.01. The zero-order valence-electron chi connectivity index (χ0n) is 16.6. The summed E-state index contributed by atoms with van der Waals surface area (Å²) in [6.07, 6.45) is 4.21. The summed E-state index contributed by atoms with van der Waals surface area (Å²) in [4.78, 5) is 15.1. The van der Waals surface area contributed by atoms with Crippen molar-refractivity contribution in [3.8, 4) is 17.6 Å². The van der Waals surface area contributed by atoms with Crippen LogP contribution in [0.2, 0.25) is 0 Å². The molecule has 0 aliphatic rings. The van der Waals surface area contributed by atoms with E-state index in [1.807, 2.05) is 30.3 Å². The van der Waals surface area contributed by atoms with Crippen molar-refractivity contribution in [2.24, 2.45) is 0 Å². The quantitative estimate of drug-likeness (QED) is 0.307. The largest absolute Gasteiger partial charge is 0.458 e. The van der Waals surface area contributed by atoms with Gasteiger partial charge in [-0.1, -0.05) is 30.3 Å². The third kappa shape index (κ3) is 4.50. The maximum atomic E-state index is 14.9. The fourth-order valence-corrected chi connectivity index (χ4v) is 3.15. The number of nitrogens with zero attached hydrogens (tertiary/aromatic N) is 1. The Morgan fingerprint density at radius 3 is 2.66 bits per heavy atom. The Kier molecular flexibility index (Phi) is 5.95. The first-order chi connectivity index (χ1) is 15.5. The zero-order chi connectivity index (χ0) is 22.5. The van der Waals surface area contributed by atoms with E-state index in [1.54, 1.807) is 18.3 Å². The molecule has 32 heavy (non-hydrogen) atoms. The summed E-state index contributed by atoms with van der Waals surface area (Å²) < 4.78 is 39.4. The number of H-pyrrole nitrogens is 1. The molecule has 3 aromatic carbocycles. The highest BCUT2D eigenvalue weighted by Crippen LogP contribution is 2.35. The van der Waals surface area contributed by atoms with E-state index in [0.717, 1.165) is 11.6 Å². The van der Waals surface area contributed by atoms with Crippen molar-refractivity contribution in [1.29, 1.82) is 5.26 Å². The molecule has 0 unspecified atom stereocenters. The molecule has 0 fully saturated rings. The normalized spacial score (nSPS) is 10.9. The van der Waals surface area contributed by atoms with E-state index < -0.39 is 17.6 Å². The van der Waals surface area contributed by atoms with Crippen molar-refractivity contribution in [2.75, 3.05) is 0 Å². The van der Waals surface area contributed by atoms with Crippen LogP contribution in [0.4, 0.5) is 8.78 Å². The van der Waals surface area contributed by atoms with Gasteiger partial charge in [-0.05, 0) is 29.8 Å². The molecule has 1 aromatic heterocycles. The number of carbonyl (C=O) groups is 1. The predicted molar refractivity (Wildman–Crippen MR) is 115 cm³/mol. The van der Waals surface area contributed by atoms with E-state index in [0.29, 0.717) is 16.5 Å². The van der Waals surface area contributed by atoms with Crippen LogP contribution in [0.5, 0.6) is 11.5 Å². The number of fused-ring (bicyclic) bond motifs is 1. The van der Waals surface area contributed by atoms with Crippen LogP contribution in [-0.2, 0) is 16.1 Å². The van der Waals surface area contributed by atoms with E-state index in [-0.39, 0.29) is 23.7 Å². The molecular weight excluding hydrogens is 414 g/mol. The Morgan fingerprint density at radius 2 is 1.88 bits per heavy atom. The van der Waals surface area contributed by atoms with Gasteiger partial charge in [-0.15, -0.1) is 0 Å². The monoisotopic (exact) mass is 430 g/mol. The molecule has 5 nitrogen and oxygen atoms in total. The summed E-state index contributed by atoms with van der Waals surface area (Å²) in [6, 6.07) is 17.4. The van der Waals surface area contributed by atoms with Crippen LogP contribution in [0.15, 0.2) is 72.9 Å². The van der Waals surface area contributed by atoms with E-state index in [9.17, 15) is 13.6 Å². The molecule has 0 radical (unpaired) electrons. The second-order valence-corrected chi connectivity index (χ2v) is 6.82. The Hall–Kier alpha value is -4.44. The maximum absolute atomic E-state index is 14.9. The molecule has 0 aliphatic carbocycles. The number of aromatic amines is 1. The van der Waals surface area contributed by atoms with Crippen LogP contribution in [0.1, 0.15) is 16.7 Å². The standard InChI is InChI=1S/C25H16F2N2O3/c26-21-8-6-18(12-17(21)14-28)32-25-20(19-10-11-29-23(19)13-22(25)27)7-9-24(30)31-15-16-4-2-1-3-5-16/h1-13,29H,15H2/b9-7+. The second-order valence-electron chi connectivity index (χ2n) is 6.82. The molecule has 1 heterocycles. The molecule has 158 valence electrons. The molecule has 1 N–H and O–H groups in total. The summed E-state index contributed by atoms with van der Waals surface area (Å²) in [5.74, 6) is -2.10. The summed E-state index contributed by atoms with van der Waals surface area (Å²) in [6.45, 7) is 0.0998. The van der Waals surface area contributed by atoms with E-state index in [4.69, 9.17) is 14.7 Å². The zero-order valence-corrected chi connectivity index (χ0v) is 16.6. The average Bonchev–Trinajstić information content (AvgIpc) is 3.27. The first-order valence-electron chi connectivity index (χ1n) is 9.61. The number of hydrogen-bond acceptors (Lipinski definition) is 4. The molecule has 0 atom stereocenters. The van der Waals surface area contributed by atoms with Crippen LogP contribution in [0.3, 0.4) is 0 Å². The molecule has 4 aromatic rings. The second kappa shape index (κ2) is 9.14. The summed E-state index contributed by atoms with van der Waals surface area (Å²) >= 11 is 0. The number of carbonyl (C=O) groups excluding carboxylic acids is 1. The molecular formula is C25H16F2N2O3. The SMILES string of the molecule is N#Cc1cc(Oc2c(F)cc3[nH]ccc3c2/C=C/C(=O)OCc2ccccc2)ccc1F. The van der Waals surface area contributed by atoms with E-state index >= 15 is 0 Å². The Balaban J connectivity index is 1.64. The smallest absolute Gasteiger partial charge is 0.331 e. The van der Waals surface area contributed by atoms with Crippen LogP contribution in [0, 0.1) is 23.0 Å². The van der Waals surface area contributed by atoms with Gasteiger partial charge in [0.25, 0.3) is 0 Å². The number of ether oxygens (including phenoxy) is 2. The number of esters is 1. The molecule has 0 amide bonds. The van der Waals surface area contributed by atoms with Crippen molar-refractivity contribution in [2.45, 2.75) is 6.61 Å². The first kappa shape index (κ1) is 20.8. The molecule has 0 spiro atoms. The van der Waals surface area contributed by atoms with Gasteiger partial charge in [0.05, 0.1) is 5.56 Å². The van der Waals surface area contributed by atoms with Crippen LogP contribution in [0.25, 0.3) is 17.0 Å². The van der Waals surface area contributed by atoms with E-state index in [2.05, 4.69) is 4.98 Å². The molecule has 0 saturated heterocycles. The Bertz CT molecular complexity index is 1360. The Morgan fingerprint density at radius 1 is 1.06 bits per heavy atom. The fraction of sp³-hybridized carbons (Fsp3) is 0.0400. The van der Waals surface area contributed by atoms with Gasteiger partial charge < -0.3 is 14.5 Å². The van der Waals surface area contributed by atoms with Crippen LogP contribution < -0.4 is 4.74 Å². The minimum absolute atomic E-state index is 0.0815. The fourth-order valence-electron chi connectivity index (χ4n) is 3.15. The lowest BCUT2D eigenvalue weighted by Gasteiger charge is -2.12. The van der Waals surface area contributed by atoms with Gasteiger partial charge >= 0.3 is 5.97 Å². The predicted octanol–water partition coefficient (Wildman–Crippen LogP) is 5.87. The number of hydrogen-bond donors (Lipinski definition) is 1. The maximum Gasteiger partial charge on any atom is 0.331 e. The summed E-state index contributed by atoms with van der Waals surface area (Å²) in [5.41, 5.74) is 1.40. The number of aromatic nitrogens is 1. The van der Waals surface area contributed by atoms with Gasteiger partial charge in [0, 0.05) is 40.9 Å². The number of nitrogens with one attached hydrogen (secondary N) is 1. The highest BCUT2D eigenvalue weighted by atomic mass is 19.1. The van der Waals surface area contributed by atoms with Gasteiger partial charge in [0.15, 0.2) is 11.6 Å². The third-order valence-corrected chi connectivity index (χ3v) is 4.69. The highest BCUT2D eigenvalue weighted by molar-refractivity contribution is 5.96. The summed E-state index contributed by atoms with van der Waals surface area (Å²) in [7, 11) is 0. The van der Waals surface area contributed by atoms with Crippen molar-refractivity contribution in [3.63, 3.8) is 0 Å².